The summed E-state index contributed by atoms with van der Waals surface area (Å²) in [5, 5.41) is 9.99. The van der Waals surface area contributed by atoms with Crippen LogP contribution in [0.4, 0.5) is 0 Å². The van der Waals surface area contributed by atoms with Gasteiger partial charge < -0.3 is 10.8 Å². The Morgan fingerprint density at radius 1 is 1.06 bits per heavy atom. The molecule has 0 unspecified atom stereocenters. The molecule has 0 amide bonds. The van der Waals surface area contributed by atoms with Crippen LogP contribution in [-0.2, 0) is 6.54 Å². The lowest BCUT2D eigenvalue weighted by Crippen LogP contribution is -1.97. The first kappa shape index (κ1) is 13.8. The number of nitrogens with two attached hydrogens (primary N) is 1. The average molecular weight is 270 g/mol. The van der Waals surface area contributed by atoms with Gasteiger partial charge in [-0.25, -0.2) is 0 Å². The Kier molecular flexibility index (Phi) is 4.82. The molecular formula is C13H13Cl2NO. The second-order valence-electron chi connectivity index (χ2n) is 3.54. The Morgan fingerprint density at radius 2 is 1.71 bits per heavy atom. The molecule has 3 N–H and O–H groups in total. The first-order valence-electron chi connectivity index (χ1n) is 4.99. The monoisotopic (exact) mass is 269 g/mol. The van der Waals surface area contributed by atoms with Crippen LogP contribution in [0.5, 0.6) is 5.75 Å². The molecule has 4 heteroatoms. The van der Waals surface area contributed by atoms with Gasteiger partial charge >= 0.3 is 0 Å². The number of benzene rings is 2. The van der Waals surface area contributed by atoms with E-state index >= 15 is 0 Å². The molecule has 2 rings (SSSR count). The van der Waals surface area contributed by atoms with Gasteiger partial charge in [-0.2, -0.15) is 0 Å². The molecule has 0 saturated heterocycles. The van der Waals surface area contributed by atoms with Crippen molar-refractivity contribution in [1.82, 2.24) is 0 Å². The third-order valence-electron chi connectivity index (χ3n) is 2.47. The van der Waals surface area contributed by atoms with Crippen LogP contribution in [0.2, 0.25) is 5.02 Å². The van der Waals surface area contributed by atoms with Gasteiger partial charge in [0.2, 0.25) is 0 Å². The van der Waals surface area contributed by atoms with E-state index in [0.29, 0.717) is 10.6 Å². The van der Waals surface area contributed by atoms with Crippen molar-refractivity contribution < 1.29 is 5.11 Å². The number of phenolic OH excluding ortho intramolecular Hbond substituents is 1. The second kappa shape index (κ2) is 5.92. The lowest BCUT2D eigenvalue weighted by Gasteiger charge is -2.08. The maximum absolute atomic E-state index is 9.66. The van der Waals surface area contributed by atoms with Crippen LogP contribution < -0.4 is 5.73 Å². The third kappa shape index (κ3) is 2.91. The molecule has 0 bridgehead atoms. The number of aromatic hydroxyl groups is 1. The molecule has 17 heavy (non-hydrogen) atoms. The van der Waals surface area contributed by atoms with E-state index in [9.17, 15) is 5.11 Å². The molecule has 2 aromatic carbocycles. The van der Waals surface area contributed by atoms with E-state index in [0.717, 1.165) is 11.1 Å². The molecular weight excluding hydrogens is 257 g/mol. The minimum absolute atomic E-state index is 0. The van der Waals surface area contributed by atoms with Crippen LogP contribution in [0.1, 0.15) is 5.56 Å². The normalized spacial score (nSPS) is 9.76. The van der Waals surface area contributed by atoms with E-state index < -0.39 is 0 Å². The molecule has 2 nitrogen and oxygen atoms in total. The Bertz CT molecular complexity index is 500. The summed E-state index contributed by atoms with van der Waals surface area (Å²) in [6, 6.07) is 13.4. The van der Waals surface area contributed by atoms with Gasteiger partial charge in [0.15, 0.2) is 0 Å². The van der Waals surface area contributed by atoms with Crippen LogP contribution in [0, 0.1) is 0 Å². The van der Waals surface area contributed by atoms with E-state index in [1.165, 1.54) is 0 Å². The molecule has 0 aromatic heterocycles. The fourth-order valence-electron chi connectivity index (χ4n) is 1.61. The van der Waals surface area contributed by atoms with E-state index in [2.05, 4.69) is 0 Å². The quantitative estimate of drug-likeness (QED) is 0.875. The van der Waals surface area contributed by atoms with Gasteiger partial charge in [0, 0.05) is 12.1 Å². The van der Waals surface area contributed by atoms with Crippen molar-refractivity contribution in [2.24, 2.45) is 5.73 Å². The van der Waals surface area contributed by atoms with Crippen molar-refractivity contribution in [3.05, 3.63) is 53.1 Å². The summed E-state index contributed by atoms with van der Waals surface area (Å²) in [4.78, 5) is 0. The van der Waals surface area contributed by atoms with Crippen LogP contribution in [0.15, 0.2) is 42.5 Å². The zero-order valence-corrected chi connectivity index (χ0v) is 10.6. The van der Waals surface area contributed by atoms with Crippen molar-refractivity contribution in [3.8, 4) is 16.9 Å². The first-order chi connectivity index (χ1) is 7.72. The first-order valence-corrected chi connectivity index (χ1v) is 5.37. The summed E-state index contributed by atoms with van der Waals surface area (Å²) in [6.45, 7) is 0.270. The fraction of sp³-hybridized carbons (Fsp3) is 0.0769. The number of hydrogen-bond donors (Lipinski definition) is 2. The summed E-state index contributed by atoms with van der Waals surface area (Å²) in [6.07, 6.45) is 0. The van der Waals surface area contributed by atoms with E-state index in [4.69, 9.17) is 17.3 Å². The van der Waals surface area contributed by atoms with Crippen LogP contribution in [0.25, 0.3) is 11.1 Å². The largest absolute Gasteiger partial charge is 0.506 e. The van der Waals surface area contributed by atoms with E-state index in [1.807, 2.05) is 36.4 Å². The highest BCUT2D eigenvalue weighted by Crippen LogP contribution is 2.33. The SMILES string of the molecule is Cl.NCc1cc(-c2ccccc2)cc(Cl)c1O. The Morgan fingerprint density at radius 3 is 2.29 bits per heavy atom. The van der Waals surface area contributed by atoms with Crippen molar-refractivity contribution in [2.45, 2.75) is 6.54 Å². The topological polar surface area (TPSA) is 46.2 Å². The van der Waals surface area contributed by atoms with Crippen molar-refractivity contribution >= 4 is 24.0 Å². The van der Waals surface area contributed by atoms with Crippen LogP contribution >= 0.6 is 24.0 Å². The molecule has 0 radical (unpaired) electrons. The lowest BCUT2D eigenvalue weighted by molar-refractivity contribution is 0.469. The van der Waals surface area contributed by atoms with Gasteiger partial charge in [0.1, 0.15) is 5.75 Å². The molecule has 0 spiro atoms. The molecule has 90 valence electrons. The highest BCUT2D eigenvalue weighted by molar-refractivity contribution is 6.32. The highest BCUT2D eigenvalue weighted by Gasteiger charge is 2.08. The number of halogens is 2. The maximum atomic E-state index is 9.66. The van der Waals surface area contributed by atoms with E-state index in [-0.39, 0.29) is 24.7 Å². The Hall–Kier alpha value is -1.22. The fourth-order valence-corrected chi connectivity index (χ4v) is 1.85. The van der Waals surface area contributed by atoms with Gasteiger partial charge in [-0.05, 0) is 23.3 Å². The molecule has 0 atom stereocenters. The highest BCUT2D eigenvalue weighted by atomic mass is 35.5. The summed E-state index contributed by atoms with van der Waals surface area (Å²) in [7, 11) is 0. The van der Waals surface area contributed by atoms with E-state index in [1.54, 1.807) is 6.07 Å². The Balaban J connectivity index is 0.00000144. The van der Waals surface area contributed by atoms with Gasteiger partial charge in [-0.3, -0.25) is 0 Å². The number of hydrogen-bond acceptors (Lipinski definition) is 2. The summed E-state index contributed by atoms with van der Waals surface area (Å²) >= 11 is 5.94. The number of rotatable bonds is 2. The Labute approximate surface area is 111 Å². The molecule has 0 saturated carbocycles. The van der Waals surface area contributed by atoms with Crippen molar-refractivity contribution in [2.75, 3.05) is 0 Å². The zero-order valence-electron chi connectivity index (χ0n) is 9.06. The lowest BCUT2D eigenvalue weighted by atomic mass is 10.0. The molecule has 0 heterocycles. The summed E-state index contributed by atoms with van der Waals surface area (Å²) < 4.78 is 0. The number of phenols is 1. The predicted octanol–water partition coefficient (Wildman–Crippen LogP) is 3.59. The molecule has 0 aliphatic rings. The molecule has 0 fully saturated rings. The van der Waals surface area contributed by atoms with Gasteiger partial charge in [-0.1, -0.05) is 41.9 Å². The third-order valence-corrected chi connectivity index (χ3v) is 2.76. The van der Waals surface area contributed by atoms with Crippen molar-refractivity contribution in [3.63, 3.8) is 0 Å². The predicted molar refractivity (Wildman–Crippen MR) is 73.7 cm³/mol. The second-order valence-corrected chi connectivity index (χ2v) is 3.94. The van der Waals surface area contributed by atoms with Crippen LogP contribution in [-0.4, -0.2) is 5.11 Å². The molecule has 0 aliphatic carbocycles. The standard InChI is InChI=1S/C13H12ClNO.ClH/c14-12-7-10(6-11(8-15)13(12)16)9-4-2-1-3-5-9;/h1-7,16H,8,15H2;1H. The van der Waals surface area contributed by atoms with Crippen molar-refractivity contribution in [1.29, 1.82) is 0 Å². The zero-order chi connectivity index (χ0) is 11.5. The molecule has 2 aromatic rings. The molecule has 0 aliphatic heterocycles. The smallest absolute Gasteiger partial charge is 0.138 e. The van der Waals surface area contributed by atoms with Gasteiger partial charge in [-0.15, -0.1) is 12.4 Å². The van der Waals surface area contributed by atoms with Gasteiger partial charge in [0.05, 0.1) is 5.02 Å². The van der Waals surface area contributed by atoms with Crippen LogP contribution in [0.3, 0.4) is 0 Å². The van der Waals surface area contributed by atoms with Gasteiger partial charge in [0.25, 0.3) is 0 Å². The average Bonchev–Trinajstić information content (AvgIpc) is 2.33. The summed E-state index contributed by atoms with van der Waals surface area (Å²) in [5.74, 6) is 0.0730. The maximum Gasteiger partial charge on any atom is 0.138 e. The summed E-state index contributed by atoms with van der Waals surface area (Å²) in [5.41, 5.74) is 8.22. The minimum atomic E-state index is 0. The minimum Gasteiger partial charge on any atom is -0.506 e.